The minimum absolute atomic E-state index is 0.0847. The van der Waals surface area contributed by atoms with Gasteiger partial charge in [-0.15, -0.1) is 0 Å². The van der Waals surface area contributed by atoms with Gasteiger partial charge in [-0.2, -0.15) is 0 Å². The third kappa shape index (κ3) is 4.15. The molecule has 1 aromatic heterocycles. The number of aromatic nitrogens is 1. The third-order valence-electron chi connectivity index (χ3n) is 5.63. The molecule has 3 rings (SSSR count). The molecule has 0 amide bonds. The van der Waals surface area contributed by atoms with Crippen LogP contribution < -0.4 is 4.90 Å². The van der Waals surface area contributed by atoms with Crippen molar-refractivity contribution in [3.05, 3.63) is 23.9 Å². The summed E-state index contributed by atoms with van der Waals surface area (Å²) in [5.74, 6) is 3.56. The van der Waals surface area contributed by atoms with Crippen molar-refractivity contribution in [1.29, 1.82) is 0 Å². The van der Waals surface area contributed by atoms with Gasteiger partial charge in [0.15, 0.2) is 5.78 Å². The quantitative estimate of drug-likeness (QED) is 0.775. The Kier molecular flexibility index (Phi) is 5.54. The summed E-state index contributed by atoms with van der Waals surface area (Å²) in [6.45, 7) is 12.2. The average Bonchev–Trinajstić information content (AvgIpc) is 3.05. The fraction of sp³-hybridized carbons (Fsp3) is 0.700. The summed E-state index contributed by atoms with van der Waals surface area (Å²) in [6, 6.07) is 3.91. The van der Waals surface area contributed by atoms with Crippen molar-refractivity contribution in [3.63, 3.8) is 0 Å². The number of anilines is 1. The molecule has 3 heterocycles. The Morgan fingerprint density at radius 2 is 1.88 bits per heavy atom. The van der Waals surface area contributed by atoms with Gasteiger partial charge in [0.25, 0.3) is 0 Å². The average molecular weight is 329 g/mol. The van der Waals surface area contributed by atoms with E-state index in [-0.39, 0.29) is 5.78 Å². The smallest absolute Gasteiger partial charge is 0.161 e. The number of Topliss-reactive ketones (excluding diaryl/α,β-unsaturated/α-hetero) is 1. The first-order chi connectivity index (χ1) is 11.5. The molecule has 4 nitrogen and oxygen atoms in total. The minimum Gasteiger partial charge on any atom is -0.356 e. The highest BCUT2D eigenvalue weighted by molar-refractivity contribution is 5.93. The van der Waals surface area contributed by atoms with Crippen molar-refractivity contribution in [3.8, 4) is 0 Å². The molecular formula is C20H31N3O. The Labute approximate surface area is 146 Å². The Morgan fingerprint density at radius 3 is 2.46 bits per heavy atom. The number of pyridine rings is 1. The van der Waals surface area contributed by atoms with E-state index in [2.05, 4.69) is 28.6 Å². The number of carbonyl (C=O) groups excluding carboxylic acids is 1. The van der Waals surface area contributed by atoms with Gasteiger partial charge in [-0.1, -0.05) is 13.8 Å². The van der Waals surface area contributed by atoms with Gasteiger partial charge in [0, 0.05) is 31.4 Å². The van der Waals surface area contributed by atoms with Crippen LogP contribution in [0.15, 0.2) is 18.3 Å². The SMILES string of the molecule is CC(=O)c1ccc(N2CCC(C3CCN(CC(C)C)CC3)C2)nc1. The van der Waals surface area contributed by atoms with Gasteiger partial charge in [-0.3, -0.25) is 4.79 Å². The topological polar surface area (TPSA) is 36.4 Å². The Bertz CT molecular complexity index is 547. The normalized spacial score (nSPS) is 23.2. The maximum atomic E-state index is 11.4. The van der Waals surface area contributed by atoms with Crippen LogP contribution in [0.3, 0.4) is 0 Å². The summed E-state index contributed by atoms with van der Waals surface area (Å²) in [7, 11) is 0. The molecule has 132 valence electrons. The van der Waals surface area contributed by atoms with Crippen LogP contribution in [0.25, 0.3) is 0 Å². The zero-order valence-electron chi connectivity index (χ0n) is 15.4. The van der Waals surface area contributed by atoms with Gasteiger partial charge < -0.3 is 9.80 Å². The van der Waals surface area contributed by atoms with Crippen molar-refractivity contribution >= 4 is 11.6 Å². The van der Waals surface area contributed by atoms with Crippen LogP contribution in [0, 0.1) is 17.8 Å². The molecule has 1 unspecified atom stereocenters. The first kappa shape index (κ1) is 17.4. The summed E-state index contributed by atoms with van der Waals surface area (Å²) in [5, 5.41) is 0. The van der Waals surface area contributed by atoms with Gasteiger partial charge in [-0.05, 0) is 69.2 Å². The fourth-order valence-electron chi connectivity index (χ4n) is 4.28. The lowest BCUT2D eigenvalue weighted by Gasteiger charge is -2.35. The molecule has 2 aliphatic heterocycles. The van der Waals surface area contributed by atoms with Crippen molar-refractivity contribution in [2.45, 2.75) is 40.0 Å². The maximum absolute atomic E-state index is 11.4. The van der Waals surface area contributed by atoms with Crippen LogP contribution in [0.5, 0.6) is 0 Å². The molecule has 0 bridgehead atoms. The van der Waals surface area contributed by atoms with Crippen LogP contribution in [0.2, 0.25) is 0 Å². The van der Waals surface area contributed by atoms with E-state index in [1.54, 1.807) is 13.1 Å². The molecule has 0 radical (unpaired) electrons. The van der Waals surface area contributed by atoms with Gasteiger partial charge >= 0.3 is 0 Å². The zero-order valence-corrected chi connectivity index (χ0v) is 15.4. The molecule has 0 spiro atoms. The lowest BCUT2D eigenvalue weighted by atomic mass is 9.83. The van der Waals surface area contributed by atoms with E-state index in [0.29, 0.717) is 5.56 Å². The number of carbonyl (C=O) groups is 1. The molecule has 24 heavy (non-hydrogen) atoms. The summed E-state index contributed by atoms with van der Waals surface area (Å²) in [5.41, 5.74) is 0.701. The molecule has 0 aliphatic carbocycles. The second kappa shape index (κ2) is 7.64. The largest absolute Gasteiger partial charge is 0.356 e. The molecule has 2 fully saturated rings. The maximum Gasteiger partial charge on any atom is 0.161 e. The predicted molar refractivity (Wildman–Crippen MR) is 98.6 cm³/mol. The van der Waals surface area contributed by atoms with E-state index in [9.17, 15) is 4.79 Å². The molecule has 2 saturated heterocycles. The third-order valence-corrected chi connectivity index (χ3v) is 5.63. The van der Waals surface area contributed by atoms with E-state index >= 15 is 0 Å². The first-order valence-electron chi connectivity index (χ1n) is 9.47. The number of likely N-dealkylation sites (tertiary alicyclic amines) is 1. The molecule has 0 aromatic carbocycles. The van der Waals surface area contributed by atoms with E-state index in [1.165, 1.54) is 38.9 Å². The monoisotopic (exact) mass is 329 g/mol. The summed E-state index contributed by atoms with van der Waals surface area (Å²) in [4.78, 5) is 20.9. The van der Waals surface area contributed by atoms with E-state index in [0.717, 1.165) is 36.7 Å². The molecule has 1 aromatic rings. The standard InChI is InChI=1S/C20H31N3O/c1-15(2)13-22-9-6-17(7-10-22)19-8-11-23(14-19)20-5-4-18(12-21-20)16(3)24/h4-5,12,15,17,19H,6-11,13-14H2,1-3H3. The highest BCUT2D eigenvalue weighted by atomic mass is 16.1. The van der Waals surface area contributed by atoms with Gasteiger partial charge in [0.2, 0.25) is 0 Å². The van der Waals surface area contributed by atoms with E-state index < -0.39 is 0 Å². The van der Waals surface area contributed by atoms with Crippen molar-refractivity contribution < 1.29 is 4.79 Å². The number of piperidine rings is 1. The minimum atomic E-state index is 0.0847. The number of rotatable bonds is 5. The molecular weight excluding hydrogens is 298 g/mol. The number of ketones is 1. The highest BCUT2D eigenvalue weighted by Crippen LogP contribution is 2.33. The van der Waals surface area contributed by atoms with Crippen molar-refractivity contribution in [2.24, 2.45) is 17.8 Å². The van der Waals surface area contributed by atoms with Crippen LogP contribution in [-0.2, 0) is 0 Å². The lowest BCUT2D eigenvalue weighted by Crippen LogP contribution is -2.38. The Balaban J connectivity index is 1.51. The first-order valence-corrected chi connectivity index (χ1v) is 9.47. The number of hydrogen-bond acceptors (Lipinski definition) is 4. The molecule has 0 saturated carbocycles. The summed E-state index contributed by atoms with van der Waals surface area (Å²) < 4.78 is 0. The van der Waals surface area contributed by atoms with E-state index in [4.69, 9.17) is 0 Å². The number of hydrogen-bond donors (Lipinski definition) is 0. The van der Waals surface area contributed by atoms with Crippen molar-refractivity contribution in [1.82, 2.24) is 9.88 Å². The van der Waals surface area contributed by atoms with Crippen LogP contribution in [-0.4, -0.2) is 48.4 Å². The fourth-order valence-corrected chi connectivity index (χ4v) is 4.28. The van der Waals surface area contributed by atoms with Gasteiger partial charge in [-0.25, -0.2) is 4.98 Å². The molecule has 4 heteroatoms. The van der Waals surface area contributed by atoms with Crippen LogP contribution in [0.4, 0.5) is 5.82 Å². The van der Waals surface area contributed by atoms with E-state index in [1.807, 2.05) is 12.1 Å². The summed E-state index contributed by atoms with van der Waals surface area (Å²) >= 11 is 0. The second-order valence-electron chi connectivity index (χ2n) is 7.99. The zero-order chi connectivity index (χ0) is 17.1. The molecule has 0 N–H and O–H groups in total. The lowest BCUT2D eigenvalue weighted by molar-refractivity contribution is 0.101. The van der Waals surface area contributed by atoms with Gasteiger partial charge in [0.05, 0.1) is 0 Å². The predicted octanol–water partition coefficient (Wildman–Crippen LogP) is 3.48. The van der Waals surface area contributed by atoms with Gasteiger partial charge in [0.1, 0.15) is 5.82 Å². The van der Waals surface area contributed by atoms with Crippen LogP contribution in [0.1, 0.15) is 50.4 Å². The highest BCUT2D eigenvalue weighted by Gasteiger charge is 2.32. The Morgan fingerprint density at radius 1 is 1.17 bits per heavy atom. The summed E-state index contributed by atoms with van der Waals surface area (Å²) in [6.07, 6.45) is 5.70. The Hall–Kier alpha value is -1.42. The number of nitrogens with zero attached hydrogens (tertiary/aromatic N) is 3. The van der Waals surface area contributed by atoms with Crippen molar-refractivity contribution in [2.75, 3.05) is 37.6 Å². The molecule has 1 atom stereocenters. The van der Waals surface area contributed by atoms with Crippen LogP contribution >= 0.6 is 0 Å². The molecule has 2 aliphatic rings. The second-order valence-corrected chi connectivity index (χ2v) is 7.99.